The summed E-state index contributed by atoms with van der Waals surface area (Å²) in [6.45, 7) is 6.89. The molecule has 2 N–H and O–H groups in total. The molecular weight excluding hydrogens is 240 g/mol. The van der Waals surface area contributed by atoms with Gasteiger partial charge in [-0.25, -0.2) is 4.98 Å². The number of aromatic nitrogens is 1. The van der Waals surface area contributed by atoms with Crippen molar-refractivity contribution in [2.45, 2.75) is 37.2 Å². The Hall–Kier alpha value is -1.32. The highest BCUT2D eigenvalue weighted by Crippen LogP contribution is 2.29. The molecule has 0 bridgehead atoms. The van der Waals surface area contributed by atoms with Gasteiger partial charge in [0.1, 0.15) is 5.03 Å². The monoisotopic (exact) mass is 258 g/mol. The van der Waals surface area contributed by atoms with Crippen molar-refractivity contribution in [1.82, 2.24) is 4.98 Å². The molecule has 1 aromatic carbocycles. The molecule has 1 heterocycles. The molecule has 2 aromatic rings. The number of hydrogen-bond donors (Lipinski definition) is 1. The largest absolute Gasteiger partial charge is 0.326 e. The predicted molar refractivity (Wildman–Crippen MR) is 76.9 cm³/mol. The summed E-state index contributed by atoms with van der Waals surface area (Å²) in [4.78, 5) is 5.71. The van der Waals surface area contributed by atoms with E-state index in [1.165, 1.54) is 21.6 Å². The van der Waals surface area contributed by atoms with E-state index in [9.17, 15) is 0 Å². The van der Waals surface area contributed by atoms with Gasteiger partial charge in [-0.15, -0.1) is 0 Å². The van der Waals surface area contributed by atoms with E-state index in [-0.39, 0.29) is 0 Å². The summed E-state index contributed by atoms with van der Waals surface area (Å²) in [5.41, 5.74) is 10.5. The van der Waals surface area contributed by atoms with Crippen LogP contribution >= 0.6 is 11.8 Å². The molecule has 0 aliphatic rings. The van der Waals surface area contributed by atoms with Crippen LogP contribution < -0.4 is 5.73 Å². The molecule has 1 aromatic heterocycles. The average Bonchev–Trinajstić information content (AvgIpc) is 2.36. The number of aryl methyl sites for hydroxylation is 3. The van der Waals surface area contributed by atoms with Crippen molar-refractivity contribution in [3.05, 3.63) is 52.7 Å². The highest BCUT2D eigenvalue weighted by molar-refractivity contribution is 7.99. The quantitative estimate of drug-likeness (QED) is 0.914. The first-order valence-corrected chi connectivity index (χ1v) is 6.82. The summed E-state index contributed by atoms with van der Waals surface area (Å²) in [6, 6.07) is 8.61. The van der Waals surface area contributed by atoms with Crippen LogP contribution in [-0.4, -0.2) is 4.98 Å². The average molecular weight is 258 g/mol. The first kappa shape index (κ1) is 13.1. The second-order valence-corrected chi connectivity index (χ2v) is 5.58. The zero-order valence-electron chi connectivity index (χ0n) is 11.0. The molecule has 0 aliphatic heterocycles. The van der Waals surface area contributed by atoms with Crippen molar-refractivity contribution in [2.24, 2.45) is 5.73 Å². The fraction of sp³-hybridized carbons (Fsp3) is 0.267. The van der Waals surface area contributed by atoms with E-state index in [2.05, 4.69) is 50.0 Å². The van der Waals surface area contributed by atoms with Gasteiger partial charge in [-0.05, 0) is 55.2 Å². The van der Waals surface area contributed by atoms with Gasteiger partial charge in [0, 0.05) is 17.6 Å². The van der Waals surface area contributed by atoms with Gasteiger partial charge in [0.25, 0.3) is 0 Å². The Balaban J connectivity index is 2.25. The smallest absolute Gasteiger partial charge is 0.104 e. The lowest BCUT2D eigenvalue weighted by molar-refractivity contribution is 0.988. The number of rotatable bonds is 3. The van der Waals surface area contributed by atoms with Crippen LogP contribution in [0, 0.1) is 20.8 Å². The molecule has 0 radical (unpaired) electrons. The summed E-state index contributed by atoms with van der Waals surface area (Å²) in [7, 11) is 0. The van der Waals surface area contributed by atoms with Gasteiger partial charge < -0.3 is 5.73 Å². The van der Waals surface area contributed by atoms with Gasteiger partial charge in [-0.3, -0.25) is 0 Å². The normalized spacial score (nSPS) is 10.7. The molecule has 2 nitrogen and oxygen atoms in total. The van der Waals surface area contributed by atoms with Gasteiger partial charge >= 0.3 is 0 Å². The number of nitrogens with zero attached hydrogens (tertiary/aromatic N) is 1. The molecule has 0 fully saturated rings. The van der Waals surface area contributed by atoms with Crippen molar-refractivity contribution >= 4 is 11.8 Å². The van der Waals surface area contributed by atoms with E-state index in [1.54, 1.807) is 11.8 Å². The molecular formula is C15H18N2S. The van der Waals surface area contributed by atoms with Crippen LogP contribution in [0.4, 0.5) is 0 Å². The third kappa shape index (κ3) is 2.92. The Morgan fingerprint density at radius 3 is 2.44 bits per heavy atom. The van der Waals surface area contributed by atoms with Crippen LogP contribution in [0.5, 0.6) is 0 Å². The molecule has 0 unspecified atom stereocenters. The topological polar surface area (TPSA) is 38.9 Å². The Kier molecular flexibility index (Phi) is 4.04. The molecule has 94 valence electrons. The summed E-state index contributed by atoms with van der Waals surface area (Å²) in [6.07, 6.45) is 1.86. The minimum Gasteiger partial charge on any atom is -0.326 e. The van der Waals surface area contributed by atoms with Crippen LogP contribution in [0.1, 0.15) is 22.3 Å². The summed E-state index contributed by atoms with van der Waals surface area (Å²) in [5, 5.41) is 1.05. The highest BCUT2D eigenvalue weighted by Gasteiger charge is 2.05. The summed E-state index contributed by atoms with van der Waals surface area (Å²) < 4.78 is 0. The molecule has 18 heavy (non-hydrogen) atoms. The predicted octanol–water partition coefficient (Wildman–Crippen LogP) is 3.62. The third-order valence-electron chi connectivity index (χ3n) is 3.02. The Bertz CT molecular complexity index is 564. The van der Waals surface area contributed by atoms with Gasteiger partial charge in [0.05, 0.1) is 0 Å². The highest BCUT2D eigenvalue weighted by atomic mass is 32.2. The lowest BCUT2D eigenvalue weighted by Crippen LogP contribution is -1.98. The van der Waals surface area contributed by atoms with E-state index in [1.807, 2.05) is 6.20 Å². The van der Waals surface area contributed by atoms with Crippen molar-refractivity contribution in [3.63, 3.8) is 0 Å². The van der Waals surface area contributed by atoms with Gasteiger partial charge in [-0.2, -0.15) is 0 Å². The van der Waals surface area contributed by atoms with E-state index in [0.717, 1.165) is 10.6 Å². The van der Waals surface area contributed by atoms with E-state index < -0.39 is 0 Å². The lowest BCUT2D eigenvalue weighted by Gasteiger charge is -2.08. The zero-order chi connectivity index (χ0) is 13.1. The van der Waals surface area contributed by atoms with E-state index in [4.69, 9.17) is 5.73 Å². The molecule has 0 atom stereocenters. The van der Waals surface area contributed by atoms with E-state index >= 15 is 0 Å². The third-order valence-corrected chi connectivity index (χ3v) is 4.13. The standard InChI is InChI=1S/C15H18N2S/c1-10-4-5-14(7-11(10)2)18-15-12(3)6-13(8-16)9-17-15/h4-7,9H,8,16H2,1-3H3. The van der Waals surface area contributed by atoms with E-state index in [0.29, 0.717) is 6.54 Å². The first-order valence-electron chi connectivity index (χ1n) is 6.01. The second-order valence-electron chi connectivity index (χ2n) is 4.52. The van der Waals surface area contributed by atoms with Gasteiger partial charge in [0.2, 0.25) is 0 Å². The maximum atomic E-state index is 5.61. The molecule has 0 amide bonds. The van der Waals surface area contributed by atoms with Gasteiger partial charge in [0.15, 0.2) is 0 Å². The van der Waals surface area contributed by atoms with Crippen molar-refractivity contribution in [2.75, 3.05) is 0 Å². The molecule has 2 rings (SSSR count). The Morgan fingerprint density at radius 2 is 1.83 bits per heavy atom. The van der Waals surface area contributed by atoms with Crippen LogP contribution in [-0.2, 0) is 6.54 Å². The first-order chi connectivity index (χ1) is 8.60. The number of nitrogens with two attached hydrogens (primary N) is 1. The second kappa shape index (κ2) is 5.55. The summed E-state index contributed by atoms with van der Waals surface area (Å²) >= 11 is 1.70. The van der Waals surface area contributed by atoms with Crippen LogP contribution in [0.3, 0.4) is 0 Å². The molecule has 0 spiro atoms. The van der Waals surface area contributed by atoms with Crippen molar-refractivity contribution < 1.29 is 0 Å². The van der Waals surface area contributed by atoms with Gasteiger partial charge in [-0.1, -0.05) is 23.9 Å². The Morgan fingerprint density at radius 1 is 1.06 bits per heavy atom. The Labute approximate surface area is 113 Å². The molecule has 0 saturated carbocycles. The minimum atomic E-state index is 0.544. The molecule has 0 aliphatic carbocycles. The maximum Gasteiger partial charge on any atom is 0.104 e. The fourth-order valence-corrected chi connectivity index (χ4v) is 2.65. The SMILES string of the molecule is Cc1ccc(Sc2ncc(CN)cc2C)cc1C. The lowest BCUT2D eigenvalue weighted by atomic mass is 10.1. The van der Waals surface area contributed by atoms with Crippen molar-refractivity contribution in [1.29, 1.82) is 0 Å². The van der Waals surface area contributed by atoms with Crippen LogP contribution in [0.15, 0.2) is 40.4 Å². The zero-order valence-corrected chi connectivity index (χ0v) is 11.8. The fourth-order valence-electron chi connectivity index (χ4n) is 1.73. The van der Waals surface area contributed by atoms with Crippen LogP contribution in [0.25, 0.3) is 0 Å². The van der Waals surface area contributed by atoms with Crippen LogP contribution in [0.2, 0.25) is 0 Å². The summed E-state index contributed by atoms with van der Waals surface area (Å²) in [5.74, 6) is 0. The number of hydrogen-bond acceptors (Lipinski definition) is 3. The van der Waals surface area contributed by atoms with Crippen molar-refractivity contribution in [3.8, 4) is 0 Å². The number of benzene rings is 1. The number of pyridine rings is 1. The maximum absolute atomic E-state index is 5.61. The minimum absolute atomic E-state index is 0.544. The molecule has 0 saturated heterocycles. The molecule has 3 heteroatoms.